The van der Waals surface area contributed by atoms with Crippen LogP contribution in [-0.2, 0) is 24.4 Å². The summed E-state index contributed by atoms with van der Waals surface area (Å²) in [4.78, 5) is 33.3. The van der Waals surface area contributed by atoms with Crippen molar-refractivity contribution in [3.63, 3.8) is 0 Å². The Morgan fingerprint density at radius 2 is 1.53 bits per heavy atom. The maximum atomic E-state index is 13.5. The van der Waals surface area contributed by atoms with Crippen molar-refractivity contribution in [2.75, 3.05) is 30.4 Å². The first kappa shape index (κ1) is 28.7. The van der Waals surface area contributed by atoms with E-state index in [1.165, 1.54) is 0 Å². The summed E-state index contributed by atoms with van der Waals surface area (Å²) in [5.74, 6) is -0.234. The number of rotatable bonds is 6. The van der Waals surface area contributed by atoms with Crippen LogP contribution in [0.4, 0.5) is 17.8 Å². The fraction of sp³-hybridized carbons (Fsp3) is 0.304. The van der Waals surface area contributed by atoms with Gasteiger partial charge >= 0.3 is 5.97 Å². The number of benzene rings is 2. The fourth-order valence-corrected chi connectivity index (χ4v) is 6.17. The van der Waals surface area contributed by atoms with Crippen LogP contribution in [0.5, 0.6) is 0 Å². The third kappa shape index (κ3) is 6.55. The van der Waals surface area contributed by atoms with E-state index in [4.69, 9.17) is 26.7 Å². The number of nitrogens with zero attached hydrogens (tertiary/aromatic N) is 3. The second-order valence-corrected chi connectivity index (χ2v) is 10.2. The van der Waals surface area contributed by atoms with E-state index in [2.05, 4.69) is 15.0 Å². The molecule has 3 unspecified atom stereocenters. The van der Waals surface area contributed by atoms with Crippen LogP contribution in [0, 0.1) is 0 Å². The maximum Gasteiger partial charge on any atom is 0.305 e. The van der Waals surface area contributed by atoms with Gasteiger partial charge in [-0.05, 0) is 24.1 Å². The molecule has 3 atom stereocenters. The molecule has 36 heavy (non-hydrogen) atoms. The van der Waals surface area contributed by atoms with Gasteiger partial charge in [0.2, 0.25) is 25.2 Å². The van der Waals surface area contributed by atoms with Crippen LogP contribution in [0.3, 0.4) is 0 Å². The van der Waals surface area contributed by atoms with Gasteiger partial charge in [0.15, 0.2) is 0 Å². The first-order valence-corrected chi connectivity index (χ1v) is 12.7. The van der Waals surface area contributed by atoms with Crippen LogP contribution >= 0.6 is 7.37 Å². The molecule has 0 saturated carbocycles. The summed E-state index contributed by atoms with van der Waals surface area (Å²) in [6.45, 7) is 1.97. The van der Waals surface area contributed by atoms with E-state index in [0.29, 0.717) is 18.3 Å². The van der Waals surface area contributed by atoms with E-state index in [1.54, 1.807) is 31.2 Å². The average molecular weight is 518 g/mol. The zero-order valence-corrected chi connectivity index (χ0v) is 20.9. The molecule has 1 fully saturated rings. The van der Waals surface area contributed by atoms with Crippen LogP contribution in [0.25, 0.3) is 0 Å². The quantitative estimate of drug-likeness (QED) is 0.234. The first-order valence-electron chi connectivity index (χ1n) is 10.9. The summed E-state index contributed by atoms with van der Waals surface area (Å²) in [7, 11) is -3.76. The SMILES string of the molecule is CCC(=O)OCC1(c2ccccc2)OCCC1P(=O)(O)c1ccccc1.N.Nc1nc(N)nc(N)n1. The third-order valence-corrected chi connectivity index (χ3v) is 8.08. The van der Waals surface area contributed by atoms with Gasteiger partial charge in [-0.15, -0.1) is 0 Å². The van der Waals surface area contributed by atoms with E-state index in [0.717, 1.165) is 5.56 Å². The lowest BCUT2D eigenvalue weighted by Crippen LogP contribution is -2.43. The lowest BCUT2D eigenvalue weighted by atomic mass is 9.91. The summed E-state index contributed by atoms with van der Waals surface area (Å²) in [5, 5.41) is 0.387. The number of carbonyl (C=O) groups excluding carboxylic acids is 1. The zero-order chi connectivity index (χ0) is 25.5. The Bertz CT molecular complexity index is 1140. The van der Waals surface area contributed by atoms with Crippen molar-refractivity contribution in [1.29, 1.82) is 0 Å². The molecular formula is C23H32N7O5P. The number of hydrogen-bond donors (Lipinski definition) is 5. The molecule has 0 radical (unpaired) electrons. The normalized spacial score (nSPS) is 20.2. The highest BCUT2D eigenvalue weighted by Crippen LogP contribution is 2.58. The Morgan fingerprint density at radius 3 is 2.03 bits per heavy atom. The molecule has 0 spiro atoms. The minimum Gasteiger partial charge on any atom is -0.462 e. The average Bonchev–Trinajstić information content (AvgIpc) is 3.29. The third-order valence-electron chi connectivity index (χ3n) is 5.52. The number of hydrogen-bond acceptors (Lipinski definition) is 11. The van der Waals surface area contributed by atoms with Gasteiger partial charge in [0.25, 0.3) is 0 Å². The lowest BCUT2D eigenvalue weighted by Gasteiger charge is -2.36. The van der Waals surface area contributed by atoms with Gasteiger partial charge < -0.3 is 37.7 Å². The van der Waals surface area contributed by atoms with Gasteiger partial charge in [-0.3, -0.25) is 9.36 Å². The number of esters is 1. The van der Waals surface area contributed by atoms with Crippen molar-refractivity contribution >= 4 is 36.5 Å². The minimum atomic E-state index is -3.76. The number of aromatic nitrogens is 3. The molecule has 12 nitrogen and oxygen atoms in total. The van der Waals surface area contributed by atoms with Gasteiger partial charge in [0.05, 0.1) is 5.66 Å². The van der Waals surface area contributed by atoms with E-state index >= 15 is 0 Å². The van der Waals surface area contributed by atoms with E-state index in [9.17, 15) is 14.3 Å². The number of anilines is 3. The first-order chi connectivity index (χ1) is 16.7. The Labute approximate surface area is 209 Å². The molecule has 2 aromatic carbocycles. The largest absolute Gasteiger partial charge is 0.462 e. The molecule has 1 saturated heterocycles. The number of ether oxygens (including phenoxy) is 2. The topological polar surface area (TPSA) is 225 Å². The van der Waals surface area contributed by atoms with E-state index in [-0.39, 0.29) is 43.0 Å². The summed E-state index contributed by atoms with van der Waals surface area (Å²) in [6, 6.07) is 17.9. The fourth-order valence-electron chi connectivity index (χ4n) is 3.90. The predicted octanol–water partition coefficient (Wildman–Crippen LogP) is 2.00. The molecule has 0 amide bonds. The molecular weight excluding hydrogens is 485 g/mol. The number of nitrogen functional groups attached to an aromatic ring is 3. The van der Waals surface area contributed by atoms with Gasteiger partial charge in [0, 0.05) is 18.3 Å². The highest BCUT2D eigenvalue weighted by atomic mass is 31.2. The van der Waals surface area contributed by atoms with Crippen LogP contribution in [-0.4, -0.2) is 44.7 Å². The Kier molecular flexibility index (Phi) is 9.88. The number of carbonyl (C=O) groups is 1. The van der Waals surface area contributed by atoms with Gasteiger partial charge in [-0.2, -0.15) is 15.0 Å². The molecule has 3 aromatic rings. The van der Waals surface area contributed by atoms with E-state index < -0.39 is 18.6 Å². The van der Waals surface area contributed by atoms with Crippen LogP contribution in [0.2, 0.25) is 0 Å². The standard InChI is InChI=1S/C20H23O5P.C3H6N6.H3N/c1-2-19(21)24-15-20(16-9-5-3-6-10-16)18(13-14-25-20)26(22,23)17-11-7-4-8-12-17;4-1-7-2(5)9-3(6)8-1;/h3-12,18H,2,13-15H2,1H3,(H,22,23);(H6,4,5,6,7,8,9);1H3. The minimum absolute atomic E-state index is 0. The molecule has 1 aliphatic heterocycles. The molecule has 194 valence electrons. The molecule has 4 rings (SSSR count). The van der Waals surface area contributed by atoms with Gasteiger partial charge in [-0.1, -0.05) is 55.5 Å². The van der Waals surface area contributed by atoms with Crippen LogP contribution < -0.4 is 28.7 Å². The predicted molar refractivity (Wildman–Crippen MR) is 138 cm³/mol. The molecule has 2 heterocycles. The number of nitrogens with two attached hydrogens (primary N) is 3. The van der Waals surface area contributed by atoms with Crippen molar-refractivity contribution in [3.05, 3.63) is 66.2 Å². The smallest absolute Gasteiger partial charge is 0.305 e. The van der Waals surface area contributed by atoms with Crippen LogP contribution in [0.15, 0.2) is 60.7 Å². The van der Waals surface area contributed by atoms with Crippen molar-refractivity contribution < 1.29 is 23.7 Å². The Hall–Kier alpha value is -3.57. The van der Waals surface area contributed by atoms with E-state index in [1.807, 2.05) is 36.4 Å². The molecule has 10 N–H and O–H groups in total. The lowest BCUT2D eigenvalue weighted by molar-refractivity contribution is -0.152. The summed E-state index contributed by atoms with van der Waals surface area (Å²) in [6.07, 6.45) is 0.659. The van der Waals surface area contributed by atoms with Crippen molar-refractivity contribution in [3.8, 4) is 0 Å². The second kappa shape index (κ2) is 12.4. The van der Waals surface area contributed by atoms with Crippen molar-refractivity contribution in [2.45, 2.75) is 31.0 Å². The van der Waals surface area contributed by atoms with Gasteiger partial charge in [0.1, 0.15) is 12.2 Å². The highest BCUT2D eigenvalue weighted by molar-refractivity contribution is 7.66. The summed E-state index contributed by atoms with van der Waals surface area (Å²) in [5.41, 5.74) is 14.3. The van der Waals surface area contributed by atoms with Crippen molar-refractivity contribution in [1.82, 2.24) is 21.1 Å². The molecule has 0 aliphatic carbocycles. The zero-order valence-electron chi connectivity index (χ0n) is 20.0. The molecule has 13 heteroatoms. The summed E-state index contributed by atoms with van der Waals surface area (Å²) >= 11 is 0. The summed E-state index contributed by atoms with van der Waals surface area (Å²) < 4.78 is 24.9. The van der Waals surface area contributed by atoms with Crippen LogP contribution in [0.1, 0.15) is 25.3 Å². The molecule has 1 aliphatic rings. The monoisotopic (exact) mass is 517 g/mol. The highest BCUT2D eigenvalue weighted by Gasteiger charge is 2.55. The Morgan fingerprint density at radius 1 is 1.03 bits per heavy atom. The molecule has 1 aromatic heterocycles. The maximum absolute atomic E-state index is 13.5. The Balaban J connectivity index is 0.000000386. The molecule has 0 bridgehead atoms. The second-order valence-electron chi connectivity index (χ2n) is 7.79. The van der Waals surface area contributed by atoms with Gasteiger partial charge in [-0.25, -0.2) is 0 Å². The van der Waals surface area contributed by atoms with Crippen molar-refractivity contribution in [2.24, 2.45) is 0 Å².